The first-order chi connectivity index (χ1) is 10.8. The quantitative estimate of drug-likeness (QED) is 0.872. The Hall–Kier alpha value is -1.62. The maximum atomic E-state index is 4.87. The number of fused-ring (bicyclic) bond motifs is 2. The van der Waals surface area contributed by atoms with E-state index in [1.165, 1.54) is 55.8 Å². The van der Waals surface area contributed by atoms with Crippen molar-refractivity contribution in [1.82, 2.24) is 19.9 Å². The third kappa shape index (κ3) is 1.81. The predicted octanol–water partition coefficient (Wildman–Crippen LogP) is 1.80. The second-order valence-electron chi connectivity index (χ2n) is 7.24. The highest BCUT2D eigenvalue weighted by molar-refractivity contribution is 5.58. The van der Waals surface area contributed by atoms with Crippen LogP contribution in [0.2, 0.25) is 0 Å². The van der Waals surface area contributed by atoms with E-state index in [1.807, 2.05) is 12.3 Å². The van der Waals surface area contributed by atoms with E-state index in [9.17, 15) is 0 Å². The van der Waals surface area contributed by atoms with Crippen LogP contribution in [0.15, 0.2) is 12.3 Å². The molecule has 0 amide bonds. The molecule has 2 fully saturated rings. The molecule has 0 aromatic carbocycles. The van der Waals surface area contributed by atoms with Crippen molar-refractivity contribution < 1.29 is 0 Å². The minimum absolute atomic E-state index is 0.610. The molecule has 5 rings (SSSR count). The Morgan fingerprint density at radius 3 is 2.86 bits per heavy atom. The summed E-state index contributed by atoms with van der Waals surface area (Å²) < 4.78 is 2.09. The van der Waals surface area contributed by atoms with Gasteiger partial charge in [-0.3, -0.25) is 0 Å². The van der Waals surface area contributed by atoms with Crippen molar-refractivity contribution in [2.24, 2.45) is 5.41 Å². The average Bonchev–Trinajstić information content (AvgIpc) is 3.06. The normalized spacial score (nSPS) is 23.5. The molecule has 5 heteroatoms. The van der Waals surface area contributed by atoms with E-state index in [0.717, 1.165) is 31.6 Å². The molecule has 22 heavy (non-hydrogen) atoms. The fraction of sp³-hybridized carbons (Fsp3) is 0.647. The second-order valence-corrected chi connectivity index (χ2v) is 7.24. The molecule has 1 N–H and O–H groups in total. The number of hydrogen-bond acceptors (Lipinski definition) is 4. The molecule has 0 bridgehead atoms. The molecule has 3 aliphatic rings. The highest BCUT2D eigenvalue weighted by Gasteiger charge is 2.44. The molecule has 1 aliphatic carbocycles. The summed E-state index contributed by atoms with van der Waals surface area (Å²) in [6.45, 7) is 4.48. The van der Waals surface area contributed by atoms with E-state index in [0.29, 0.717) is 5.41 Å². The molecule has 2 aromatic heterocycles. The van der Waals surface area contributed by atoms with Gasteiger partial charge in [-0.2, -0.15) is 9.61 Å². The van der Waals surface area contributed by atoms with E-state index in [1.54, 1.807) is 0 Å². The Labute approximate surface area is 130 Å². The first-order valence-electron chi connectivity index (χ1n) is 8.66. The van der Waals surface area contributed by atoms with Gasteiger partial charge in [-0.15, -0.1) is 0 Å². The summed E-state index contributed by atoms with van der Waals surface area (Å²) in [6, 6.07) is 2.04. The zero-order chi connectivity index (χ0) is 14.6. The van der Waals surface area contributed by atoms with Crippen LogP contribution in [0.3, 0.4) is 0 Å². The number of nitrogens with zero attached hydrogens (tertiary/aromatic N) is 4. The van der Waals surface area contributed by atoms with Gasteiger partial charge in [0.2, 0.25) is 0 Å². The summed E-state index contributed by atoms with van der Waals surface area (Å²) in [5, 5.41) is 8.09. The van der Waals surface area contributed by atoms with Crippen LogP contribution >= 0.6 is 0 Å². The van der Waals surface area contributed by atoms with Gasteiger partial charge in [0.15, 0.2) is 5.65 Å². The topological polar surface area (TPSA) is 45.5 Å². The summed E-state index contributed by atoms with van der Waals surface area (Å²) >= 11 is 0. The zero-order valence-corrected chi connectivity index (χ0v) is 13.0. The lowest BCUT2D eigenvalue weighted by molar-refractivity contribution is 0.165. The lowest BCUT2D eigenvalue weighted by atomic mass is 9.68. The van der Waals surface area contributed by atoms with Gasteiger partial charge in [0.1, 0.15) is 5.82 Å². The van der Waals surface area contributed by atoms with Gasteiger partial charge in [0.05, 0.1) is 11.9 Å². The molecule has 4 heterocycles. The predicted molar refractivity (Wildman–Crippen MR) is 86.4 cm³/mol. The third-order valence-electron chi connectivity index (χ3n) is 5.93. The summed E-state index contributed by atoms with van der Waals surface area (Å²) in [7, 11) is 0. The molecule has 2 aliphatic heterocycles. The van der Waals surface area contributed by atoms with Crippen LogP contribution < -0.4 is 10.2 Å². The number of hydrogen-bond donors (Lipinski definition) is 1. The third-order valence-corrected chi connectivity index (χ3v) is 5.93. The van der Waals surface area contributed by atoms with E-state index in [4.69, 9.17) is 4.98 Å². The smallest absolute Gasteiger partial charge is 0.157 e. The standard InChI is InChI=1S/C17H23N5/c1-5-17(6-1)7-11-21(12-17)16-13-2-8-18-9-3-14(13)20-15-4-10-19-22(15)16/h4,10,18H,1-3,5-9,11-12H2. The van der Waals surface area contributed by atoms with Gasteiger partial charge in [-0.1, -0.05) is 6.42 Å². The minimum Gasteiger partial charge on any atom is -0.356 e. The molecule has 0 atom stereocenters. The molecule has 0 unspecified atom stereocenters. The lowest BCUT2D eigenvalue weighted by Crippen LogP contribution is -2.34. The van der Waals surface area contributed by atoms with E-state index in [2.05, 4.69) is 19.8 Å². The van der Waals surface area contributed by atoms with Gasteiger partial charge in [0.25, 0.3) is 0 Å². The molecule has 1 saturated heterocycles. The van der Waals surface area contributed by atoms with Crippen LogP contribution in [0, 0.1) is 5.41 Å². The summed E-state index contributed by atoms with van der Waals surface area (Å²) in [6.07, 6.45) is 9.59. The Kier molecular flexibility index (Phi) is 2.74. The SMILES string of the molecule is c1cc2nc3c(c(N4CCC5(CCC5)C4)n2n1)CCNCC3. The summed E-state index contributed by atoms with van der Waals surface area (Å²) in [4.78, 5) is 7.47. The van der Waals surface area contributed by atoms with E-state index in [-0.39, 0.29) is 0 Å². The summed E-state index contributed by atoms with van der Waals surface area (Å²) in [5.74, 6) is 1.33. The van der Waals surface area contributed by atoms with Gasteiger partial charge >= 0.3 is 0 Å². The monoisotopic (exact) mass is 297 g/mol. The van der Waals surface area contributed by atoms with Crippen LogP contribution in [0.1, 0.15) is 36.9 Å². The Morgan fingerprint density at radius 2 is 2.05 bits per heavy atom. The number of rotatable bonds is 1. The molecule has 0 radical (unpaired) electrons. The maximum absolute atomic E-state index is 4.87. The molecule has 2 aromatic rings. The molecular weight excluding hydrogens is 274 g/mol. The van der Waals surface area contributed by atoms with Crippen molar-refractivity contribution in [2.75, 3.05) is 31.1 Å². The van der Waals surface area contributed by atoms with Gasteiger partial charge in [0, 0.05) is 37.7 Å². The van der Waals surface area contributed by atoms with Crippen LogP contribution in [0.25, 0.3) is 5.65 Å². The fourth-order valence-electron chi connectivity index (χ4n) is 4.54. The first kappa shape index (κ1) is 12.9. The molecular formula is C17H23N5. The lowest BCUT2D eigenvalue weighted by Gasteiger charge is -2.38. The van der Waals surface area contributed by atoms with Crippen molar-refractivity contribution in [3.05, 3.63) is 23.5 Å². The number of nitrogens with one attached hydrogen (secondary N) is 1. The van der Waals surface area contributed by atoms with Crippen LogP contribution in [0.4, 0.5) is 5.82 Å². The van der Waals surface area contributed by atoms with Crippen LogP contribution in [-0.2, 0) is 12.8 Å². The van der Waals surface area contributed by atoms with Crippen LogP contribution in [0.5, 0.6) is 0 Å². The van der Waals surface area contributed by atoms with Crippen molar-refractivity contribution >= 4 is 11.5 Å². The molecule has 116 valence electrons. The highest BCUT2D eigenvalue weighted by atomic mass is 15.4. The van der Waals surface area contributed by atoms with Gasteiger partial charge in [-0.05, 0) is 37.6 Å². The fourth-order valence-corrected chi connectivity index (χ4v) is 4.54. The largest absolute Gasteiger partial charge is 0.356 e. The Balaban J connectivity index is 1.64. The van der Waals surface area contributed by atoms with E-state index >= 15 is 0 Å². The van der Waals surface area contributed by atoms with Crippen molar-refractivity contribution in [1.29, 1.82) is 0 Å². The van der Waals surface area contributed by atoms with Crippen molar-refractivity contribution in [3.63, 3.8) is 0 Å². The molecule has 1 saturated carbocycles. The van der Waals surface area contributed by atoms with Crippen molar-refractivity contribution in [2.45, 2.75) is 38.5 Å². The molecule has 1 spiro atoms. The van der Waals surface area contributed by atoms with E-state index < -0.39 is 0 Å². The Bertz CT molecular complexity index is 715. The average molecular weight is 297 g/mol. The highest BCUT2D eigenvalue weighted by Crippen LogP contribution is 2.49. The van der Waals surface area contributed by atoms with Gasteiger partial charge < -0.3 is 10.2 Å². The number of aromatic nitrogens is 3. The zero-order valence-electron chi connectivity index (χ0n) is 13.0. The molecule has 5 nitrogen and oxygen atoms in total. The van der Waals surface area contributed by atoms with Crippen molar-refractivity contribution in [3.8, 4) is 0 Å². The Morgan fingerprint density at radius 1 is 1.14 bits per heavy atom. The first-order valence-corrected chi connectivity index (χ1v) is 8.66. The summed E-state index contributed by atoms with van der Waals surface area (Å²) in [5.41, 5.74) is 4.32. The van der Waals surface area contributed by atoms with Crippen LogP contribution in [-0.4, -0.2) is 40.8 Å². The number of anilines is 1. The minimum atomic E-state index is 0.610. The maximum Gasteiger partial charge on any atom is 0.157 e. The second kappa shape index (κ2) is 4.69. The van der Waals surface area contributed by atoms with Gasteiger partial charge in [-0.25, -0.2) is 4.98 Å².